The van der Waals surface area contributed by atoms with Gasteiger partial charge in [-0.3, -0.25) is 9.59 Å². The summed E-state index contributed by atoms with van der Waals surface area (Å²) in [6, 6.07) is 11.7. The van der Waals surface area contributed by atoms with Gasteiger partial charge in [0.2, 0.25) is 11.8 Å². The number of hydrogen-bond acceptors (Lipinski definition) is 3. The van der Waals surface area contributed by atoms with Gasteiger partial charge in [0.15, 0.2) is 0 Å². The van der Waals surface area contributed by atoms with Crippen LogP contribution in [0, 0.1) is 0 Å². The van der Waals surface area contributed by atoms with E-state index in [-0.39, 0.29) is 24.8 Å². The van der Waals surface area contributed by atoms with Gasteiger partial charge in [-0.15, -0.1) is 0 Å². The van der Waals surface area contributed by atoms with Gasteiger partial charge in [-0.25, -0.2) is 0 Å². The monoisotopic (exact) mass is 498 g/mol. The lowest BCUT2D eigenvalue weighted by molar-refractivity contribution is -0.141. The van der Waals surface area contributed by atoms with Gasteiger partial charge in [-0.05, 0) is 61.2 Å². The molecule has 2 amide bonds. The van der Waals surface area contributed by atoms with Crippen molar-refractivity contribution in [1.29, 1.82) is 0 Å². The summed E-state index contributed by atoms with van der Waals surface area (Å²) in [4.78, 5) is 27.5. The Kier molecular flexibility index (Phi) is 11.1. The van der Waals surface area contributed by atoms with Crippen molar-refractivity contribution in [1.82, 2.24) is 10.2 Å². The van der Waals surface area contributed by atoms with Crippen LogP contribution in [0.25, 0.3) is 0 Å². The molecule has 5 nitrogen and oxygen atoms in total. The summed E-state index contributed by atoms with van der Waals surface area (Å²) in [5.74, 6) is 0.425. The summed E-state index contributed by atoms with van der Waals surface area (Å²) in [6.07, 6.45) is 2.10. The fourth-order valence-corrected chi connectivity index (χ4v) is 3.65. The first-order valence-electron chi connectivity index (χ1n) is 10.7. The Bertz CT molecular complexity index is 891. The summed E-state index contributed by atoms with van der Waals surface area (Å²) < 4.78 is 5.68. The van der Waals surface area contributed by atoms with Crippen molar-refractivity contribution in [2.45, 2.75) is 52.1 Å². The van der Waals surface area contributed by atoms with Gasteiger partial charge in [-0.1, -0.05) is 54.7 Å². The third-order valence-corrected chi connectivity index (χ3v) is 5.88. The number of rotatable bonds is 12. The van der Waals surface area contributed by atoms with E-state index < -0.39 is 6.04 Å². The molecule has 174 valence electrons. The van der Waals surface area contributed by atoms with Gasteiger partial charge in [0, 0.05) is 24.5 Å². The molecule has 2 rings (SSSR count). The molecule has 2 aromatic carbocycles. The molecule has 0 aliphatic carbocycles. The molecule has 32 heavy (non-hydrogen) atoms. The number of amides is 2. The largest absolute Gasteiger partial charge is 0.494 e. The lowest BCUT2D eigenvalue weighted by atomic mass is 10.1. The Balaban J connectivity index is 2.06. The molecule has 0 spiro atoms. The zero-order chi connectivity index (χ0) is 23.5. The molecule has 0 unspecified atom stereocenters. The van der Waals surface area contributed by atoms with Gasteiger partial charge in [-0.2, -0.15) is 0 Å². The molecule has 2 aromatic rings. The molecule has 0 aliphatic heterocycles. The summed E-state index contributed by atoms with van der Waals surface area (Å²) in [7, 11) is 0. The summed E-state index contributed by atoms with van der Waals surface area (Å²) in [5.41, 5.74) is 0.812. The number of carbonyl (C=O) groups excluding carboxylic acids is 2. The van der Waals surface area contributed by atoms with Crippen LogP contribution >= 0.6 is 34.8 Å². The quantitative estimate of drug-likeness (QED) is 0.357. The molecule has 0 saturated heterocycles. The van der Waals surface area contributed by atoms with Gasteiger partial charge in [0.05, 0.1) is 16.7 Å². The number of carbonyl (C=O) groups is 2. The Labute approximate surface area is 205 Å². The highest BCUT2D eigenvalue weighted by molar-refractivity contribution is 6.42. The van der Waals surface area contributed by atoms with Crippen LogP contribution in [0.15, 0.2) is 42.5 Å². The standard InChI is InChI=1S/C24H29Cl3N2O3/c1-3-13-28-24(31)22(4-2)29(16-17-7-12-20(26)21(27)15-17)23(30)6-5-14-32-19-10-8-18(25)9-11-19/h7-12,15,22H,3-6,13-14,16H2,1-2H3,(H,28,31)/t22-/m0/s1. The van der Waals surface area contributed by atoms with E-state index in [1.807, 2.05) is 19.9 Å². The number of nitrogens with zero attached hydrogens (tertiary/aromatic N) is 1. The lowest BCUT2D eigenvalue weighted by Crippen LogP contribution is -2.49. The van der Waals surface area contributed by atoms with E-state index in [4.69, 9.17) is 39.5 Å². The molecule has 1 N–H and O–H groups in total. The SMILES string of the molecule is CCCNC(=O)[C@H](CC)N(Cc1ccc(Cl)c(Cl)c1)C(=O)CCCOc1ccc(Cl)cc1. The minimum atomic E-state index is -0.569. The second kappa shape index (κ2) is 13.6. The maximum atomic E-state index is 13.1. The summed E-state index contributed by atoms with van der Waals surface area (Å²) in [6.45, 7) is 5.10. The molecule has 0 saturated carbocycles. The van der Waals surface area contributed by atoms with Crippen LogP contribution in [0.4, 0.5) is 0 Å². The summed E-state index contributed by atoms with van der Waals surface area (Å²) >= 11 is 18.1. The average Bonchev–Trinajstić information content (AvgIpc) is 2.78. The number of hydrogen-bond donors (Lipinski definition) is 1. The number of benzene rings is 2. The van der Waals surface area contributed by atoms with Crippen molar-refractivity contribution in [2.75, 3.05) is 13.2 Å². The average molecular weight is 500 g/mol. The normalized spacial score (nSPS) is 11.7. The van der Waals surface area contributed by atoms with E-state index in [1.54, 1.807) is 41.3 Å². The predicted molar refractivity (Wildman–Crippen MR) is 131 cm³/mol. The molecule has 0 aliphatic rings. The minimum Gasteiger partial charge on any atom is -0.494 e. The Hall–Kier alpha value is -1.95. The highest BCUT2D eigenvalue weighted by atomic mass is 35.5. The third kappa shape index (κ3) is 8.19. The predicted octanol–water partition coefficient (Wildman–Crippen LogP) is 6.14. The van der Waals surface area contributed by atoms with E-state index >= 15 is 0 Å². The molecule has 8 heteroatoms. The molecule has 0 fully saturated rings. The smallest absolute Gasteiger partial charge is 0.242 e. The van der Waals surface area contributed by atoms with Crippen molar-refractivity contribution < 1.29 is 14.3 Å². The van der Waals surface area contributed by atoms with E-state index in [1.165, 1.54) is 0 Å². The van der Waals surface area contributed by atoms with E-state index in [0.29, 0.717) is 46.8 Å². The second-order valence-corrected chi connectivity index (χ2v) is 8.64. The first-order chi connectivity index (χ1) is 15.3. The molecular weight excluding hydrogens is 471 g/mol. The highest BCUT2D eigenvalue weighted by Gasteiger charge is 2.28. The zero-order valence-electron chi connectivity index (χ0n) is 18.4. The second-order valence-electron chi connectivity index (χ2n) is 7.39. The van der Waals surface area contributed by atoms with Crippen LogP contribution < -0.4 is 10.1 Å². The lowest BCUT2D eigenvalue weighted by Gasteiger charge is -2.31. The third-order valence-electron chi connectivity index (χ3n) is 4.89. The molecule has 0 aromatic heterocycles. The number of ether oxygens (including phenoxy) is 1. The zero-order valence-corrected chi connectivity index (χ0v) is 20.6. The Morgan fingerprint density at radius 1 is 1.03 bits per heavy atom. The summed E-state index contributed by atoms with van der Waals surface area (Å²) in [5, 5.41) is 4.40. The van der Waals surface area contributed by atoms with Crippen molar-refractivity contribution in [3.8, 4) is 5.75 Å². The molecule has 0 heterocycles. The van der Waals surface area contributed by atoms with Gasteiger partial charge in [0.1, 0.15) is 11.8 Å². The van der Waals surface area contributed by atoms with Gasteiger partial charge < -0.3 is 15.0 Å². The van der Waals surface area contributed by atoms with Gasteiger partial charge >= 0.3 is 0 Å². The first-order valence-corrected chi connectivity index (χ1v) is 11.9. The Morgan fingerprint density at radius 2 is 1.75 bits per heavy atom. The van der Waals surface area contributed by atoms with E-state index in [0.717, 1.165) is 12.0 Å². The van der Waals surface area contributed by atoms with Crippen molar-refractivity contribution >= 4 is 46.6 Å². The highest BCUT2D eigenvalue weighted by Crippen LogP contribution is 2.24. The fourth-order valence-electron chi connectivity index (χ4n) is 3.21. The van der Waals surface area contributed by atoms with Gasteiger partial charge in [0.25, 0.3) is 0 Å². The van der Waals surface area contributed by atoms with Crippen LogP contribution in [-0.2, 0) is 16.1 Å². The first kappa shape index (κ1) is 26.3. The maximum Gasteiger partial charge on any atom is 0.242 e. The van der Waals surface area contributed by atoms with Crippen LogP contribution in [0.1, 0.15) is 45.1 Å². The van der Waals surface area contributed by atoms with Crippen LogP contribution in [0.2, 0.25) is 15.1 Å². The van der Waals surface area contributed by atoms with E-state index in [2.05, 4.69) is 5.32 Å². The maximum absolute atomic E-state index is 13.1. The topological polar surface area (TPSA) is 58.6 Å². The van der Waals surface area contributed by atoms with Crippen molar-refractivity contribution in [3.05, 3.63) is 63.1 Å². The minimum absolute atomic E-state index is 0.116. The van der Waals surface area contributed by atoms with Crippen molar-refractivity contribution in [3.63, 3.8) is 0 Å². The molecule has 0 bridgehead atoms. The van der Waals surface area contributed by atoms with Crippen LogP contribution in [0.3, 0.4) is 0 Å². The Morgan fingerprint density at radius 3 is 2.38 bits per heavy atom. The number of nitrogens with one attached hydrogen (secondary N) is 1. The van der Waals surface area contributed by atoms with Crippen LogP contribution in [0.5, 0.6) is 5.75 Å². The van der Waals surface area contributed by atoms with E-state index in [9.17, 15) is 9.59 Å². The molecule has 0 radical (unpaired) electrons. The molecule has 1 atom stereocenters. The molecular formula is C24H29Cl3N2O3. The van der Waals surface area contributed by atoms with Crippen LogP contribution in [-0.4, -0.2) is 35.9 Å². The fraction of sp³-hybridized carbons (Fsp3) is 0.417. The number of halogens is 3. The van der Waals surface area contributed by atoms with Crippen molar-refractivity contribution in [2.24, 2.45) is 0 Å².